The Labute approximate surface area is 188 Å². The van der Waals surface area contributed by atoms with Crippen LogP contribution in [0, 0.1) is 5.92 Å². The van der Waals surface area contributed by atoms with Gasteiger partial charge in [0.25, 0.3) is 5.91 Å². The number of pyridine rings is 1. The van der Waals surface area contributed by atoms with Gasteiger partial charge >= 0.3 is 5.97 Å². The number of aromatic hydroxyl groups is 1. The van der Waals surface area contributed by atoms with E-state index in [1.807, 2.05) is 30.3 Å². The van der Waals surface area contributed by atoms with Crippen molar-refractivity contribution >= 4 is 11.9 Å². The highest BCUT2D eigenvalue weighted by Crippen LogP contribution is 2.28. The van der Waals surface area contributed by atoms with Gasteiger partial charge in [0.1, 0.15) is 18.2 Å². The maximum atomic E-state index is 12.7. The zero-order valence-corrected chi connectivity index (χ0v) is 19.2. The molecule has 0 spiro atoms. The van der Waals surface area contributed by atoms with E-state index >= 15 is 0 Å². The molecule has 0 aliphatic heterocycles. The van der Waals surface area contributed by atoms with E-state index < -0.39 is 35.9 Å². The van der Waals surface area contributed by atoms with Gasteiger partial charge in [-0.05, 0) is 25.3 Å². The molecule has 2 rings (SSSR count). The summed E-state index contributed by atoms with van der Waals surface area (Å²) in [7, 11) is 1.37. The number of nitrogens with zero attached hydrogens (tertiary/aromatic N) is 1. The molecule has 1 heterocycles. The fourth-order valence-electron chi connectivity index (χ4n) is 2.97. The molecule has 2 N–H and O–H groups in total. The number of hydrogen-bond donors (Lipinski definition) is 2. The van der Waals surface area contributed by atoms with Gasteiger partial charge in [0.05, 0.1) is 13.7 Å². The predicted molar refractivity (Wildman–Crippen MR) is 120 cm³/mol. The molecule has 1 amide bonds. The summed E-state index contributed by atoms with van der Waals surface area (Å²) in [5.41, 5.74) is 0.661. The molecule has 1 aromatic heterocycles. The molecular formula is C24H32N2O6. The summed E-state index contributed by atoms with van der Waals surface area (Å²) >= 11 is 0. The molecule has 2 aromatic rings. The first-order chi connectivity index (χ1) is 15.3. The van der Waals surface area contributed by atoms with Crippen molar-refractivity contribution in [3.05, 3.63) is 53.9 Å². The molecule has 0 aliphatic carbocycles. The van der Waals surface area contributed by atoms with Crippen molar-refractivity contribution in [3.63, 3.8) is 0 Å². The highest BCUT2D eigenvalue weighted by atomic mass is 16.6. The lowest BCUT2D eigenvalue weighted by molar-refractivity contribution is -0.159. The van der Waals surface area contributed by atoms with Crippen LogP contribution in [0.1, 0.15) is 56.3 Å². The highest BCUT2D eigenvalue weighted by molar-refractivity contribution is 5.97. The van der Waals surface area contributed by atoms with Crippen molar-refractivity contribution in [3.8, 4) is 11.5 Å². The van der Waals surface area contributed by atoms with Crippen molar-refractivity contribution < 1.29 is 28.9 Å². The average molecular weight is 445 g/mol. The van der Waals surface area contributed by atoms with Gasteiger partial charge in [-0.1, -0.05) is 50.6 Å². The number of aromatic nitrogens is 1. The summed E-state index contributed by atoms with van der Waals surface area (Å²) in [6, 6.07) is 10.0. The van der Waals surface area contributed by atoms with Crippen LogP contribution in [0.4, 0.5) is 0 Å². The topological polar surface area (TPSA) is 107 Å². The number of carbonyl (C=O) groups excluding carboxylic acids is 2. The second kappa shape index (κ2) is 12.0. The lowest BCUT2D eigenvalue weighted by atomic mass is 10.0. The first kappa shape index (κ1) is 25.1. The van der Waals surface area contributed by atoms with Gasteiger partial charge < -0.3 is 24.6 Å². The van der Waals surface area contributed by atoms with E-state index in [9.17, 15) is 14.7 Å². The van der Waals surface area contributed by atoms with E-state index in [-0.39, 0.29) is 11.4 Å². The zero-order chi connectivity index (χ0) is 23.7. The summed E-state index contributed by atoms with van der Waals surface area (Å²) in [4.78, 5) is 29.0. The number of methoxy groups -OCH3 is 1. The van der Waals surface area contributed by atoms with Crippen molar-refractivity contribution in [1.29, 1.82) is 0 Å². The van der Waals surface area contributed by atoms with E-state index in [1.54, 1.807) is 6.92 Å². The number of amides is 1. The molecule has 8 heteroatoms. The zero-order valence-electron chi connectivity index (χ0n) is 19.2. The summed E-state index contributed by atoms with van der Waals surface area (Å²) in [6.45, 7) is 7.98. The van der Waals surface area contributed by atoms with Crippen LogP contribution in [-0.2, 0) is 14.3 Å². The Hall–Kier alpha value is -3.13. The summed E-state index contributed by atoms with van der Waals surface area (Å²) in [6.07, 6.45) is 1.28. The molecule has 0 bridgehead atoms. The van der Waals surface area contributed by atoms with Gasteiger partial charge in [-0.3, -0.25) is 4.79 Å². The molecule has 1 aromatic carbocycles. The average Bonchev–Trinajstić information content (AvgIpc) is 2.79. The van der Waals surface area contributed by atoms with Crippen LogP contribution in [0.2, 0.25) is 0 Å². The maximum Gasteiger partial charge on any atom is 0.328 e. The van der Waals surface area contributed by atoms with Gasteiger partial charge in [0.2, 0.25) is 0 Å². The molecule has 8 nitrogen and oxygen atoms in total. The molecule has 0 saturated heterocycles. The fraction of sp³-hybridized carbons (Fsp3) is 0.458. The first-order valence-electron chi connectivity index (χ1n) is 10.7. The Morgan fingerprint density at radius 3 is 2.44 bits per heavy atom. The molecular weight excluding hydrogens is 412 g/mol. The van der Waals surface area contributed by atoms with Crippen LogP contribution >= 0.6 is 0 Å². The normalized spacial score (nSPS) is 14.7. The van der Waals surface area contributed by atoms with E-state index in [4.69, 9.17) is 14.2 Å². The van der Waals surface area contributed by atoms with E-state index in [0.717, 1.165) is 12.0 Å². The van der Waals surface area contributed by atoms with Crippen LogP contribution in [0.15, 0.2) is 42.6 Å². The largest absolute Gasteiger partial charge is 0.503 e. The third-order valence-electron chi connectivity index (χ3n) is 5.14. The second-order valence-electron chi connectivity index (χ2n) is 7.73. The summed E-state index contributed by atoms with van der Waals surface area (Å²) in [5, 5.41) is 12.6. The number of ether oxygens (including phenoxy) is 3. The van der Waals surface area contributed by atoms with Gasteiger partial charge in [0.15, 0.2) is 17.2 Å². The van der Waals surface area contributed by atoms with Gasteiger partial charge in [0, 0.05) is 12.3 Å². The molecule has 1 unspecified atom stereocenters. The predicted octanol–water partition coefficient (Wildman–Crippen LogP) is 3.65. The first-order valence-corrected chi connectivity index (χ1v) is 10.7. The quantitative estimate of drug-likeness (QED) is 0.510. The minimum absolute atomic E-state index is 0.109. The second-order valence-corrected chi connectivity index (χ2v) is 7.73. The Kier molecular flexibility index (Phi) is 9.46. The van der Waals surface area contributed by atoms with Crippen LogP contribution in [0.3, 0.4) is 0 Å². The van der Waals surface area contributed by atoms with Crippen molar-refractivity contribution in [2.45, 2.75) is 52.4 Å². The standard InChI is InChI=1S/C24H32N2O6/c1-6-15(2)14-31-22(18-10-8-7-9-11-18)17(4)32-24(29)16(3)26-23(28)20-21(27)19(30-5)12-13-25-20/h7-13,15-17,22,27H,6,14H2,1-5H3,(H,26,28)/t15?,16-,17-,22+/m0/s1. The molecule has 0 saturated carbocycles. The van der Waals surface area contributed by atoms with Gasteiger partial charge in [-0.25, -0.2) is 9.78 Å². The molecule has 4 atom stereocenters. The van der Waals surface area contributed by atoms with Gasteiger partial charge in [-0.2, -0.15) is 0 Å². The number of nitrogens with one attached hydrogen (secondary N) is 1. The van der Waals surface area contributed by atoms with Crippen LogP contribution in [0.25, 0.3) is 0 Å². The molecule has 174 valence electrons. The monoisotopic (exact) mass is 444 g/mol. The maximum absolute atomic E-state index is 12.7. The minimum Gasteiger partial charge on any atom is -0.503 e. The fourth-order valence-corrected chi connectivity index (χ4v) is 2.97. The van der Waals surface area contributed by atoms with Crippen LogP contribution < -0.4 is 10.1 Å². The third kappa shape index (κ3) is 6.68. The number of carbonyl (C=O) groups is 2. The molecule has 32 heavy (non-hydrogen) atoms. The number of rotatable bonds is 11. The lowest BCUT2D eigenvalue weighted by Crippen LogP contribution is -2.41. The molecule has 0 aliphatic rings. The number of benzene rings is 1. The highest BCUT2D eigenvalue weighted by Gasteiger charge is 2.28. The molecule has 0 radical (unpaired) electrons. The SMILES string of the molecule is CCC(C)CO[C@@H](c1ccccc1)[C@H](C)OC(=O)[C@H](C)NC(=O)c1nccc(OC)c1O. The van der Waals surface area contributed by atoms with Gasteiger partial charge in [-0.15, -0.1) is 0 Å². The van der Waals surface area contributed by atoms with E-state index in [2.05, 4.69) is 24.1 Å². The summed E-state index contributed by atoms with van der Waals surface area (Å²) in [5.74, 6) is -1.26. The number of hydrogen-bond acceptors (Lipinski definition) is 7. The van der Waals surface area contributed by atoms with Crippen LogP contribution in [-0.4, -0.2) is 47.8 Å². The lowest BCUT2D eigenvalue weighted by Gasteiger charge is -2.27. The summed E-state index contributed by atoms with van der Waals surface area (Å²) < 4.78 is 16.7. The smallest absolute Gasteiger partial charge is 0.328 e. The van der Waals surface area contributed by atoms with E-state index in [1.165, 1.54) is 26.3 Å². The number of esters is 1. The Morgan fingerprint density at radius 1 is 1.12 bits per heavy atom. The Morgan fingerprint density at radius 2 is 1.81 bits per heavy atom. The Bertz CT molecular complexity index is 889. The van der Waals surface area contributed by atoms with Crippen molar-refractivity contribution in [1.82, 2.24) is 10.3 Å². The molecule has 0 fully saturated rings. The third-order valence-corrected chi connectivity index (χ3v) is 5.14. The minimum atomic E-state index is -0.969. The van der Waals surface area contributed by atoms with E-state index in [0.29, 0.717) is 12.5 Å². The van der Waals surface area contributed by atoms with Crippen LogP contribution in [0.5, 0.6) is 11.5 Å². The van der Waals surface area contributed by atoms with Crippen molar-refractivity contribution in [2.75, 3.05) is 13.7 Å². The Balaban J connectivity index is 2.05. The van der Waals surface area contributed by atoms with Crippen molar-refractivity contribution in [2.24, 2.45) is 5.92 Å².